The molecule has 7 nitrogen and oxygen atoms in total. The summed E-state index contributed by atoms with van der Waals surface area (Å²) in [7, 11) is -2.58. The van der Waals surface area contributed by atoms with Crippen molar-refractivity contribution in [3.05, 3.63) is 24.3 Å². The zero-order valence-corrected chi connectivity index (χ0v) is 11.2. The largest absolute Gasteiger partial charge is 0.497 e. The molecule has 1 unspecified atom stereocenters. The van der Waals surface area contributed by atoms with Gasteiger partial charge in [-0.05, 0) is 31.2 Å². The highest BCUT2D eigenvalue weighted by Crippen LogP contribution is 2.16. The van der Waals surface area contributed by atoms with Crippen molar-refractivity contribution in [2.75, 3.05) is 7.11 Å². The summed E-state index contributed by atoms with van der Waals surface area (Å²) in [5.41, 5.74) is 0. The third-order valence-electron chi connectivity index (χ3n) is 2.40. The first-order valence-electron chi connectivity index (χ1n) is 5.35. The fourth-order valence-electron chi connectivity index (χ4n) is 1.35. The predicted molar refractivity (Wildman–Crippen MR) is 66.4 cm³/mol. The molecule has 2 atom stereocenters. The second-order valence-electron chi connectivity index (χ2n) is 3.85. The number of sulfonamides is 1. The average molecular weight is 289 g/mol. The number of aliphatic hydroxyl groups is 1. The molecule has 19 heavy (non-hydrogen) atoms. The van der Waals surface area contributed by atoms with Gasteiger partial charge in [0.05, 0.1) is 18.1 Å². The Hall–Kier alpha value is -1.64. The number of hydrogen-bond acceptors (Lipinski definition) is 5. The van der Waals surface area contributed by atoms with E-state index in [0.717, 1.165) is 0 Å². The van der Waals surface area contributed by atoms with Gasteiger partial charge in [-0.2, -0.15) is 4.72 Å². The van der Waals surface area contributed by atoms with Crippen LogP contribution < -0.4 is 9.46 Å². The van der Waals surface area contributed by atoms with Gasteiger partial charge in [-0.1, -0.05) is 0 Å². The number of carboxylic acids is 1. The number of nitrogens with one attached hydrogen (secondary N) is 1. The molecule has 0 aliphatic rings. The molecule has 0 aliphatic heterocycles. The standard InChI is InChI=1S/C11H15NO6S/c1-7(13)10(11(14)15)12-19(16,17)9-5-3-8(18-2)4-6-9/h3-7,10,12-13H,1-2H3,(H,14,15)/t7?,10-/m1/s1. The maximum Gasteiger partial charge on any atom is 0.324 e. The first-order valence-corrected chi connectivity index (χ1v) is 6.83. The number of ether oxygens (including phenoxy) is 1. The van der Waals surface area contributed by atoms with E-state index in [1.807, 2.05) is 4.72 Å². The summed E-state index contributed by atoms with van der Waals surface area (Å²) in [6, 6.07) is 3.83. The highest BCUT2D eigenvalue weighted by atomic mass is 32.2. The smallest absolute Gasteiger partial charge is 0.324 e. The second kappa shape index (κ2) is 6.00. The van der Waals surface area contributed by atoms with E-state index in [0.29, 0.717) is 5.75 Å². The number of aliphatic carboxylic acids is 1. The van der Waals surface area contributed by atoms with Crippen LogP contribution in [0, 0.1) is 0 Å². The maximum atomic E-state index is 11.9. The molecule has 1 rings (SSSR count). The van der Waals surface area contributed by atoms with Gasteiger partial charge in [-0.15, -0.1) is 0 Å². The first-order chi connectivity index (χ1) is 8.77. The third-order valence-corrected chi connectivity index (χ3v) is 3.86. The molecule has 3 N–H and O–H groups in total. The van der Waals surface area contributed by atoms with Crippen molar-refractivity contribution in [3.8, 4) is 5.75 Å². The Kier molecular flexibility index (Phi) is 4.87. The molecule has 0 aromatic heterocycles. The Morgan fingerprint density at radius 1 is 1.32 bits per heavy atom. The Morgan fingerprint density at radius 3 is 2.21 bits per heavy atom. The Balaban J connectivity index is 2.99. The van der Waals surface area contributed by atoms with Crippen LogP contribution in [0.5, 0.6) is 5.75 Å². The predicted octanol–water partition coefficient (Wildman–Crippen LogP) is -0.193. The fraction of sp³-hybridized carbons (Fsp3) is 0.364. The highest BCUT2D eigenvalue weighted by molar-refractivity contribution is 7.89. The monoisotopic (exact) mass is 289 g/mol. The third kappa shape index (κ3) is 3.91. The Morgan fingerprint density at radius 2 is 1.84 bits per heavy atom. The minimum Gasteiger partial charge on any atom is -0.497 e. The van der Waals surface area contributed by atoms with Gasteiger partial charge < -0.3 is 14.9 Å². The number of methoxy groups -OCH3 is 1. The van der Waals surface area contributed by atoms with E-state index in [1.54, 1.807) is 0 Å². The summed E-state index contributed by atoms with van der Waals surface area (Å²) < 4.78 is 30.7. The van der Waals surface area contributed by atoms with E-state index in [9.17, 15) is 18.3 Å². The second-order valence-corrected chi connectivity index (χ2v) is 5.57. The molecular weight excluding hydrogens is 274 g/mol. The fourth-order valence-corrected chi connectivity index (χ4v) is 2.61. The molecule has 0 heterocycles. The van der Waals surface area contributed by atoms with Crippen molar-refractivity contribution in [2.24, 2.45) is 0 Å². The summed E-state index contributed by atoms with van der Waals surface area (Å²) in [5.74, 6) is -0.976. The number of carbonyl (C=O) groups is 1. The van der Waals surface area contributed by atoms with Crippen molar-refractivity contribution in [1.82, 2.24) is 4.72 Å². The molecule has 0 saturated heterocycles. The van der Waals surface area contributed by atoms with Crippen LogP contribution in [0.25, 0.3) is 0 Å². The normalized spacial score (nSPS) is 14.7. The lowest BCUT2D eigenvalue weighted by Crippen LogP contribution is -2.47. The van der Waals surface area contributed by atoms with Crippen LogP contribution in [0.4, 0.5) is 0 Å². The van der Waals surface area contributed by atoms with E-state index in [2.05, 4.69) is 0 Å². The number of hydrogen-bond donors (Lipinski definition) is 3. The minimum absolute atomic E-state index is 0.111. The van der Waals surface area contributed by atoms with Gasteiger partial charge in [0.1, 0.15) is 11.8 Å². The molecule has 8 heteroatoms. The first kappa shape index (κ1) is 15.4. The van der Waals surface area contributed by atoms with E-state index in [-0.39, 0.29) is 4.90 Å². The highest BCUT2D eigenvalue weighted by Gasteiger charge is 2.29. The summed E-state index contributed by atoms with van der Waals surface area (Å²) in [5, 5.41) is 18.1. The summed E-state index contributed by atoms with van der Waals surface area (Å²) in [6.45, 7) is 1.19. The van der Waals surface area contributed by atoms with Crippen molar-refractivity contribution in [2.45, 2.75) is 24.0 Å². The van der Waals surface area contributed by atoms with Gasteiger partial charge in [0.2, 0.25) is 10.0 Å². The van der Waals surface area contributed by atoms with Crippen LogP contribution in [-0.2, 0) is 14.8 Å². The number of carboxylic acid groups (broad SMARTS) is 1. The lowest BCUT2D eigenvalue weighted by atomic mass is 10.2. The van der Waals surface area contributed by atoms with Crippen molar-refractivity contribution in [1.29, 1.82) is 0 Å². The summed E-state index contributed by atoms with van der Waals surface area (Å²) in [4.78, 5) is 10.7. The molecule has 0 bridgehead atoms. The Labute approximate surface area is 110 Å². The molecule has 0 amide bonds. The quantitative estimate of drug-likeness (QED) is 0.669. The molecule has 0 fully saturated rings. The van der Waals surface area contributed by atoms with Crippen molar-refractivity contribution < 1.29 is 28.2 Å². The van der Waals surface area contributed by atoms with Gasteiger partial charge in [-0.3, -0.25) is 4.79 Å². The molecule has 0 spiro atoms. The molecular formula is C11H15NO6S. The van der Waals surface area contributed by atoms with Gasteiger partial charge in [0, 0.05) is 0 Å². The van der Waals surface area contributed by atoms with Gasteiger partial charge in [-0.25, -0.2) is 8.42 Å². The van der Waals surface area contributed by atoms with Gasteiger partial charge in [0.25, 0.3) is 0 Å². The van der Waals surface area contributed by atoms with Crippen LogP contribution in [0.2, 0.25) is 0 Å². The van der Waals surface area contributed by atoms with E-state index >= 15 is 0 Å². The van der Waals surface area contributed by atoms with Crippen LogP contribution in [0.3, 0.4) is 0 Å². The van der Waals surface area contributed by atoms with E-state index < -0.39 is 28.1 Å². The molecule has 1 aromatic rings. The van der Waals surface area contributed by atoms with Crippen molar-refractivity contribution in [3.63, 3.8) is 0 Å². The topological polar surface area (TPSA) is 113 Å². The van der Waals surface area contributed by atoms with E-state index in [4.69, 9.17) is 9.84 Å². The molecule has 106 valence electrons. The average Bonchev–Trinajstić information content (AvgIpc) is 2.35. The zero-order valence-electron chi connectivity index (χ0n) is 10.4. The lowest BCUT2D eigenvalue weighted by molar-refractivity contribution is -0.141. The number of rotatable bonds is 6. The SMILES string of the molecule is COc1ccc(S(=O)(=O)N[C@@H](C(=O)O)C(C)O)cc1. The lowest BCUT2D eigenvalue weighted by Gasteiger charge is -2.17. The maximum absolute atomic E-state index is 11.9. The summed E-state index contributed by atoms with van der Waals surface area (Å²) in [6.07, 6.45) is -1.36. The molecule has 0 radical (unpaired) electrons. The van der Waals surface area contributed by atoms with Crippen LogP contribution in [0.15, 0.2) is 29.2 Å². The molecule has 1 aromatic carbocycles. The zero-order chi connectivity index (χ0) is 14.6. The summed E-state index contributed by atoms with van der Waals surface area (Å²) >= 11 is 0. The van der Waals surface area contributed by atoms with Crippen molar-refractivity contribution >= 4 is 16.0 Å². The van der Waals surface area contributed by atoms with Crippen LogP contribution >= 0.6 is 0 Å². The number of aliphatic hydroxyl groups excluding tert-OH is 1. The number of benzene rings is 1. The van der Waals surface area contributed by atoms with E-state index in [1.165, 1.54) is 38.3 Å². The minimum atomic E-state index is -4.02. The molecule has 0 aliphatic carbocycles. The van der Waals surface area contributed by atoms with Crippen LogP contribution in [-0.4, -0.2) is 43.9 Å². The Bertz CT molecular complexity index is 537. The molecule has 0 saturated carbocycles. The van der Waals surface area contributed by atoms with Gasteiger partial charge in [0.15, 0.2) is 0 Å². The van der Waals surface area contributed by atoms with Gasteiger partial charge >= 0.3 is 5.97 Å². The van der Waals surface area contributed by atoms with Crippen LogP contribution in [0.1, 0.15) is 6.92 Å².